The van der Waals surface area contributed by atoms with Crippen LogP contribution in [0.2, 0.25) is 0 Å². The molecule has 164 valence electrons. The van der Waals surface area contributed by atoms with Gasteiger partial charge in [0.2, 0.25) is 5.91 Å². The average Bonchev–Trinajstić information content (AvgIpc) is 3.16. The van der Waals surface area contributed by atoms with Crippen LogP contribution in [-0.2, 0) is 17.8 Å². The van der Waals surface area contributed by atoms with E-state index in [-0.39, 0.29) is 12.3 Å². The lowest BCUT2D eigenvalue weighted by Crippen LogP contribution is -2.43. The lowest BCUT2D eigenvalue weighted by atomic mass is 10.1. The number of carbonyl (C=O) groups is 1. The number of rotatable bonds is 5. The van der Waals surface area contributed by atoms with Gasteiger partial charge in [0.15, 0.2) is 5.82 Å². The van der Waals surface area contributed by atoms with Gasteiger partial charge in [0.1, 0.15) is 5.75 Å². The first kappa shape index (κ1) is 20.6. The van der Waals surface area contributed by atoms with E-state index in [1.165, 1.54) is 5.56 Å². The molecule has 2 aliphatic rings. The van der Waals surface area contributed by atoms with Crippen LogP contribution in [0.5, 0.6) is 5.75 Å². The van der Waals surface area contributed by atoms with E-state index in [0.29, 0.717) is 11.5 Å². The Labute approximate surface area is 188 Å². The van der Waals surface area contributed by atoms with Crippen LogP contribution in [-0.4, -0.2) is 66.0 Å². The molecule has 1 fully saturated rings. The summed E-state index contributed by atoms with van der Waals surface area (Å²) in [6, 6.07) is 15.9. The third kappa shape index (κ3) is 4.09. The Balaban J connectivity index is 1.36. The van der Waals surface area contributed by atoms with Crippen LogP contribution in [0.1, 0.15) is 11.3 Å². The molecule has 0 N–H and O–H groups in total. The number of piperazine rings is 1. The molecule has 0 spiro atoms. The number of hydrogen-bond donors (Lipinski definition) is 0. The van der Waals surface area contributed by atoms with Gasteiger partial charge >= 0.3 is 0 Å². The number of hydrogen-bond acceptors (Lipinski definition) is 6. The van der Waals surface area contributed by atoms with Gasteiger partial charge in [0, 0.05) is 38.3 Å². The third-order valence-electron chi connectivity index (χ3n) is 6.19. The maximum absolute atomic E-state index is 12.7. The summed E-state index contributed by atoms with van der Waals surface area (Å²) >= 11 is 0. The minimum absolute atomic E-state index is 0.0233. The quantitative estimate of drug-likeness (QED) is 0.621. The average molecular weight is 430 g/mol. The monoisotopic (exact) mass is 429 g/mol. The van der Waals surface area contributed by atoms with Gasteiger partial charge in [-0.3, -0.25) is 19.6 Å². The molecule has 0 radical (unpaired) electrons. The topological polar surface area (TPSA) is 61.8 Å². The first-order valence-corrected chi connectivity index (χ1v) is 10.9. The van der Waals surface area contributed by atoms with E-state index < -0.39 is 0 Å². The molecule has 2 aromatic carbocycles. The minimum atomic E-state index is -0.0233. The Bertz CT molecular complexity index is 1110. The summed E-state index contributed by atoms with van der Waals surface area (Å²) in [7, 11) is 3.80. The van der Waals surface area contributed by atoms with Gasteiger partial charge in [-0.1, -0.05) is 24.3 Å². The normalized spacial score (nSPS) is 16.9. The minimum Gasteiger partial charge on any atom is -0.497 e. The predicted octanol–water partition coefficient (Wildman–Crippen LogP) is 3.12. The number of fused-ring (bicyclic) bond motifs is 1. The molecule has 1 aromatic heterocycles. The van der Waals surface area contributed by atoms with Gasteiger partial charge in [-0.05, 0) is 36.9 Å². The summed E-state index contributed by atoms with van der Waals surface area (Å²) in [4.78, 5) is 28.6. The summed E-state index contributed by atoms with van der Waals surface area (Å²) in [6.07, 6.45) is 2.03. The number of methoxy groups -OCH3 is 1. The number of ether oxygens (including phenoxy) is 1. The molecule has 7 nitrogen and oxygen atoms in total. The molecule has 32 heavy (non-hydrogen) atoms. The highest BCUT2D eigenvalue weighted by Crippen LogP contribution is 2.35. The van der Waals surface area contributed by atoms with Gasteiger partial charge in [0.05, 0.1) is 36.8 Å². The molecule has 0 bridgehead atoms. The van der Waals surface area contributed by atoms with Crippen molar-refractivity contribution in [3.8, 4) is 17.0 Å². The fourth-order valence-electron chi connectivity index (χ4n) is 4.23. The zero-order valence-electron chi connectivity index (χ0n) is 18.5. The van der Waals surface area contributed by atoms with E-state index in [2.05, 4.69) is 46.1 Å². The van der Waals surface area contributed by atoms with E-state index in [1.54, 1.807) is 18.2 Å². The Kier molecular flexibility index (Phi) is 5.59. The summed E-state index contributed by atoms with van der Waals surface area (Å²) in [5, 5.41) is 0. The number of benzene rings is 2. The van der Waals surface area contributed by atoms with Crippen molar-refractivity contribution in [1.82, 2.24) is 19.8 Å². The first-order valence-electron chi connectivity index (χ1n) is 10.9. The molecule has 0 saturated carbocycles. The summed E-state index contributed by atoms with van der Waals surface area (Å²) in [5.74, 6) is 1.33. The van der Waals surface area contributed by atoms with Crippen molar-refractivity contribution in [3.05, 3.63) is 66.0 Å². The molecule has 3 aromatic rings. The van der Waals surface area contributed by atoms with Crippen LogP contribution in [0.3, 0.4) is 0 Å². The molecule has 3 heterocycles. The Morgan fingerprint density at radius 2 is 1.69 bits per heavy atom. The summed E-state index contributed by atoms with van der Waals surface area (Å²) in [6.45, 7) is 5.40. The maximum Gasteiger partial charge on any atom is 0.238 e. The zero-order chi connectivity index (χ0) is 22.1. The number of amides is 1. The molecule has 7 heteroatoms. The van der Waals surface area contributed by atoms with E-state index in [1.807, 2.05) is 24.3 Å². The number of nitrogens with zero attached hydrogens (tertiary/aromatic N) is 5. The van der Waals surface area contributed by atoms with Crippen LogP contribution in [0.15, 0.2) is 54.7 Å². The van der Waals surface area contributed by atoms with Gasteiger partial charge in [0.25, 0.3) is 0 Å². The second-order valence-corrected chi connectivity index (χ2v) is 8.41. The van der Waals surface area contributed by atoms with Crippen molar-refractivity contribution in [2.45, 2.75) is 13.0 Å². The van der Waals surface area contributed by atoms with Crippen LogP contribution in [0.25, 0.3) is 11.3 Å². The van der Waals surface area contributed by atoms with Gasteiger partial charge in [-0.2, -0.15) is 0 Å². The lowest BCUT2D eigenvalue weighted by Gasteiger charge is -2.32. The lowest BCUT2D eigenvalue weighted by molar-refractivity contribution is -0.116. The fraction of sp³-hybridized carbons (Fsp3) is 0.320. The van der Waals surface area contributed by atoms with Crippen molar-refractivity contribution in [3.63, 3.8) is 0 Å². The second kappa shape index (κ2) is 8.68. The van der Waals surface area contributed by atoms with E-state index >= 15 is 0 Å². The molecule has 1 saturated heterocycles. The van der Waals surface area contributed by atoms with Gasteiger partial charge < -0.3 is 9.64 Å². The summed E-state index contributed by atoms with van der Waals surface area (Å²) < 4.78 is 5.23. The Morgan fingerprint density at radius 3 is 2.38 bits per heavy atom. The maximum atomic E-state index is 12.7. The van der Waals surface area contributed by atoms with E-state index in [4.69, 9.17) is 9.72 Å². The highest BCUT2D eigenvalue weighted by molar-refractivity contribution is 6.05. The van der Waals surface area contributed by atoms with Gasteiger partial charge in [-0.25, -0.2) is 4.98 Å². The van der Waals surface area contributed by atoms with Crippen LogP contribution in [0, 0.1) is 0 Å². The second-order valence-electron chi connectivity index (χ2n) is 8.41. The number of likely N-dealkylation sites (N-methyl/N-ethyl adjacent to an activating group) is 1. The Hall–Kier alpha value is -3.29. The number of anilines is 2. The fourth-order valence-corrected chi connectivity index (χ4v) is 4.23. The van der Waals surface area contributed by atoms with Crippen molar-refractivity contribution in [2.75, 3.05) is 45.2 Å². The molecular weight excluding hydrogens is 402 g/mol. The summed E-state index contributed by atoms with van der Waals surface area (Å²) in [5.41, 5.74) is 4.53. The van der Waals surface area contributed by atoms with Crippen LogP contribution >= 0.6 is 0 Å². The molecule has 1 amide bonds. The smallest absolute Gasteiger partial charge is 0.238 e. The van der Waals surface area contributed by atoms with E-state index in [9.17, 15) is 4.79 Å². The molecule has 5 rings (SSSR count). The van der Waals surface area contributed by atoms with Crippen molar-refractivity contribution < 1.29 is 9.53 Å². The van der Waals surface area contributed by atoms with E-state index in [0.717, 1.165) is 55.4 Å². The van der Waals surface area contributed by atoms with Crippen LogP contribution < -0.4 is 9.64 Å². The highest BCUT2D eigenvalue weighted by Gasteiger charge is 2.31. The Morgan fingerprint density at radius 1 is 0.969 bits per heavy atom. The number of carbonyl (C=O) groups excluding carboxylic acids is 1. The molecule has 2 aliphatic heterocycles. The SMILES string of the molecule is COc1ccc(N2C(=O)Cc3ncc(-c4ccc(CN5CCN(C)CC5)cc4)nc32)cc1. The van der Waals surface area contributed by atoms with Gasteiger partial charge in [-0.15, -0.1) is 0 Å². The molecule has 0 aliphatic carbocycles. The first-order chi connectivity index (χ1) is 15.6. The van der Waals surface area contributed by atoms with Crippen molar-refractivity contribution in [1.29, 1.82) is 0 Å². The molecule has 0 unspecified atom stereocenters. The molecular formula is C25H27N5O2. The highest BCUT2D eigenvalue weighted by atomic mass is 16.5. The predicted molar refractivity (Wildman–Crippen MR) is 124 cm³/mol. The van der Waals surface area contributed by atoms with Crippen molar-refractivity contribution >= 4 is 17.4 Å². The standard InChI is InChI=1S/C25H27N5O2/c1-28-11-13-29(14-12-28)17-18-3-5-19(6-4-18)23-16-26-22-15-24(31)30(25(22)27-23)20-7-9-21(32-2)10-8-20/h3-10,16H,11-15,17H2,1-2H3. The zero-order valence-corrected chi connectivity index (χ0v) is 18.5. The van der Waals surface area contributed by atoms with Crippen LogP contribution in [0.4, 0.5) is 11.5 Å². The van der Waals surface area contributed by atoms with Crippen molar-refractivity contribution in [2.24, 2.45) is 0 Å². The molecule has 0 atom stereocenters. The largest absolute Gasteiger partial charge is 0.497 e. The third-order valence-corrected chi connectivity index (χ3v) is 6.19. The number of aromatic nitrogens is 2.